The molecule has 4 rings (SSSR count). The fraction of sp³-hybridized carbons (Fsp3) is 0.281. The molecule has 0 atom stereocenters. The molecule has 3 aromatic carbocycles. The summed E-state index contributed by atoms with van der Waals surface area (Å²) in [5.74, 6) is -0.697. The van der Waals surface area contributed by atoms with Crippen LogP contribution in [0.2, 0.25) is 0 Å². The van der Waals surface area contributed by atoms with E-state index < -0.39 is 5.97 Å². The van der Waals surface area contributed by atoms with Crippen LogP contribution in [0.3, 0.4) is 0 Å². The number of amides is 2. The van der Waals surface area contributed by atoms with Gasteiger partial charge in [-0.1, -0.05) is 50.2 Å². The Balaban J connectivity index is 1.62. The molecule has 2 N–H and O–H groups in total. The largest absolute Gasteiger partial charge is 0.465 e. The minimum Gasteiger partial charge on any atom is -0.465 e. The molecule has 0 bridgehead atoms. The van der Waals surface area contributed by atoms with Crippen LogP contribution in [0, 0.1) is 0 Å². The molecule has 0 aromatic heterocycles. The van der Waals surface area contributed by atoms with E-state index in [1.807, 2.05) is 54.6 Å². The first-order valence-electron chi connectivity index (χ1n) is 13.6. The fourth-order valence-corrected chi connectivity index (χ4v) is 4.81. The standard InChI is InChI=1S/C32H36N4O4/c1-5-18-36(19-6-2)21-28(37)35(3)25-15-13-24(14-16-25)33-30(22-10-8-7-9-11-22)29-26-17-12-23(32(39)40-4)20-27(26)34-31(29)38/h7-17,20,33H,5-6,18-19,21H2,1-4H3,(H,34,38)/b30-29-. The van der Waals surface area contributed by atoms with Crippen LogP contribution in [0.5, 0.6) is 0 Å². The molecule has 208 valence electrons. The van der Waals surface area contributed by atoms with E-state index in [9.17, 15) is 14.4 Å². The molecular formula is C32H36N4O4. The second-order valence-corrected chi connectivity index (χ2v) is 9.72. The van der Waals surface area contributed by atoms with E-state index in [-0.39, 0.29) is 11.8 Å². The number of rotatable bonds is 11. The Labute approximate surface area is 235 Å². The summed E-state index contributed by atoms with van der Waals surface area (Å²) in [5, 5.41) is 6.31. The summed E-state index contributed by atoms with van der Waals surface area (Å²) < 4.78 is 4.82. The van der Waals surface area contributed by atoms with Crippen molar-refractivity contribution in [3.63, 3.8) is 0 Å². The van der Waals surface area contributed by atoms with Crippen LogP contribution in [-0.4, -0.2) is 56.5 Å². The van der Waals surface area contributed by atoms with E-state index in [2.05, 4.69) is 29.4 Å². The molecule has 0 unspecified atom stereocenters. The number of carbonyl (C=O) groups is 3. The van der Waals surface area contributed by atoms with Gasteiger partial charge in [0.2, 0.25) is 5.91 Å². The SMILES string of the molecule is CCCN(CCC)CC(=O)N(C)c1ccc(N/C(=C2\C(=O)Nc3cc(C(=O)OC)ccc32)c2ccccc2)cc1. The predicted octanol–water partition coefficient (Wildman–Crippen LogP) is 5.49. The molecule has 8 heteroatoms. The summed E-state index contributed by atoms with van der Waals surface area (Å²) in [7, 11) is 3.12. The van der Waals surface area contributed by atoms with Crippen LogP contribution in [0.1, 0.15) is 48.2 Å². The first-order valence-corrected chi connectivity index (χ1v) is 13.6. The number of nitrogens with zero attached hydrogens (tertiary/aromatic N) is 2. The molecule has 0 radical (unpaired) electrons. The Morgan fingerprint density at radius 2 is 1.57 bits per heavy atom. The van der Waals surface area contributed by atoms with Gasteiger partial charge in [0.25, 0.3) is 5.91 Å². The zero-order valence-corrected chi connectivity index (χ0v) is 23.5. The van der Waals surface area contributed by atoms with Crippen molar-refractivity contribution in [1.82, 2.24) is 4.90 Å². The molecule has 0 aliphatic carbocycles. The summed E-state index contributed by atoms with van der Waals surface area (Å²) >= 11 is 0. The molecular weight excluding hydrogens is 504 g/mol. The number of hydrogen-bond acceptors (Lipinski definition) is 6. The van der Waals surface area contributed by atoms with Gasteiger partial charge in [0.05, 0.1) is 36.2 Å². The molecule has 0 fully saturated rings. The summed E-state index contributed by atoms with van der Waals surface area (Å²) in [6.45, 7) is 6.42. The van der Waals surface area contributed by atoms with Crippen molar-refractivity contribution in [2.75, 3.05) is 49.3 Å². The highest BCUT2D eigenvalue weighted by molar-refractivity contribution is 6.37. The molecule has 0 spiro atoms. The Morgan fingerprint density at radius 3 is 2.20 bits per heavy atom. The number of nitrogens with one attached hydrogen (secondary N) is 2. The summed E-state index contributed by atoms with van der Waals surface area (Å²) in [5.41, 5.74) is 5.09. The lowest BCUT2D eigenvalue weighted by Gasteiger charge is -2.24. The van der Waals surface area contributed by atoms with Crippen molar-refractivity contribution in [3.05, 3.63) is 89.5 Å². The van der Waals surface area contributed by atoms with Gasteiger partial charge in [-0.2, -0.15) is 0 Å². The molecule has 1 aliphatic rings. The lowest BCUT2D eigenvalue weighted by molar-refractivity contribution is -0.119. The number of carbonyl (C=O) groups excluding carboxylic acids is 3. The third-order valence-corrected chi connectivity index (χ3v) is 6.83. The van der Waals surface area contributed by atoms with Crippen LogP contribution in [0.15, 0.2) is 72.8 Å². The van der Waals surface area contributed by atoms with Crippen LogP contribution in [0.4, 0.5) is 17.1 Å². The maximum Gasteiger partial charge on any atom is 0.337 e. The molecule has 8 nitrogen and oxygen atoms in total. The highest BCUT2D eigenvalue weighted by atomic mass is 16.5. The van der Waals surface area contributed by atoms with Crippen molar-refractivity contribution < 1.29 is 19.1 Å². The number of ether oxygens (including phenoxy) is 1. The predicted molar refractivity (Wildman–Crippen MR) is 160 cm³/mol. The second-order valence-electron chi connectivity index (χ2n) is 9.72. The van der Waals surface area contributed by atoms with E-state index >= 15 is 0 Å². The normalized spacial score (nSPS) is 13.5. The summed E-state index contributed by atoms with van der Waals surface area (Å²) in [4.78, 5) is 42.0. The Bertz CT molecular complexity index is 1390. The first kappa shape index (κ1) is 28.6. The molecule has 40 heavy (non-hydrogen) atoms. The quantitative estimate of drug-likeness (QED) is 0.247. The number of benzene rings is 3. The maximum atomic E-state index is 13.2. The average molecular weight is 541 g/mol. The van der Waals surface area contributed by atoms with Gasteiger partial charge in [0, 0.05) is 24.0 Å². The van der Waals surface area contributed by atoms with Crippen LogP contribution in [-0.2, 0) is 14.3 Å². The van der Waals surface area contributed by atoms with Crippen molar-refractivity contribution in [3.8, 4) is 0 Å². The van der Waals surface area contributed by atoms with Crippen molar-refractivity contribution in [2.24, 2.45) is 0 Å². The topological polar surface area (TPSA) is 91.0 Å². The van der Waals surface area contributed by atoms with E-state index in [0.717, 1.165) is 42.9 Å². The number of hydrogen-bond donors (Lipinski definition) is 2. The van der Waals surface area contributed by atoms with Gasteiger partial charge in [-0.05, 0) is 67.9 Å². The molecule has 2 amide bonds. The Hall–Kier alpha value is -4.43. The van der Waals surface area contributed by atoms with E-state index in [0.29, 0.717) is 34.6 Å². The number of fused-ring (bicyclic) bond motifs is 1. The van der Waals surface area contributed by atoms with Gasteiger partial charge in [-0.25, -0.2) is 4.79 Å². The molecule has 3 aromatic rings. The summed E-state index contributed by atoms with van der Waals surface area (Å²) in [6, 6.07) is 22.2. The zero-order valence-electron chi connectivity index (χ0n) is 23.5. The minimum atomic E-state index is -0.470. The Kier molecular flexibility index (Phi) is 9.35. The van der Waals surface area contributed by atoms with Gasteiger partial charge >= 0.3 is 5.97 Å². The zero-order chi connectivity index (χ0) is 28.6. The highest BCUT2D eigenvalue weighted by Gasteiger charge is 2.29. The fourth-order valence-electron chi connectivity index (χ4n) is 4.81. The van der Waals surface area contributed by atoms with Crippen molar-refractivity contribution >= 4 is 46.1 Å². The average Bonchev–Trinajstić information content (AvgIpc) is 3.30. The lowest BCUT2D eigenvalue weighted by atomic mass is 9.99. The summed E-state index contributed by atoms with van der Waals surface area (Å²) in [6.07, 6.45) is 2.01. The van der Waals surface area contributed by atoms with Crippen LogP contribution in [0.25, 0.3) is 11.3 Å². The van der Waals surface area contributed by atoms with Gasteiger partial charge in [0.1, 0.15) is 0 Å². The van der Waals surface area contributed by atoms with Gasteiger partial charge < -0.3 is 20.3 Å². The van der Waals surface area contributed by atoms with Crippen LogP contribution >= 0.6 is 0 Å². The molecule has 1 aliphatic heterocycles. The monoisotopic (exact) mass is 540 g/mol. The first-order chi connectivity index (χ1) is 19.4. The number of esters is 1. The van der Waals surface area contributed by atoms with Gasteiger partial charge in [0.15, 0.2) is 0 Å². The Morgan fingerprint density at radius 1 is 0.900 bits per heavy atom. The minimum absolute atomic E-state index is 0.0419. The molecule has 0 saturated heterocycles. The van der Waals surface area contributed by atoms with Gasteiger partial charge in [-0.3, -0.25) is 14.5 Å². The third kappa shape index (κ3) is 6.40. The third-order valence-electron chi connectivity index (χ3n) is 6.83. The highest BCUT2D eigenvalue weighted by Crippen LogP contribution is 2.38. The van der Waals surface area contributed by atoms with E-state index in [1.165, 1.54) is 7.11 Å². The van der Waals surface area contributed by atoms with Crippen LogP contribution < -0.4 is 15.5 Å². The number of anilines is 3. The molecule has 0 saturated carbocycles. The second kappa shape index (κ2) is 13.1. The van der Waals surface area contributed by atoms with E-state index in [4.69, 9.17) is 4.74 Å². The maximum absolute atomic E-state index is 13.2. The lowest BCUT2D eigenvalue weighted by Crippen LogP contribution is -2.39. The van der Waals surface area contributed by atoms with E-state index in [1.54, 1.807) is 30.1 Å². The molecule has 1 heterocycles. The van der Waals surface area contributed by atoms with Crippen molar-refractivity contribution in [2.45, 2.75) is 26.7 Å². The van der Waals surface area contributed by atoms with Crippen molar-refractivity contribution in [1.29, 1.82) is 0 Å². The number of likely N-dealkylation sites (N-methyl/N-ethyl adjacent to an activating group) is 1. The number of methoxy groups -OCH3 is 1. The smallest absolute Gasteiger partial charge is 0.337 e. The van der Waals surface area contributed by atoms with Gasteiger partial charge in [-0.15, -0.1) is 0 Å².